The zero-order chi connectivity index (χ0) is 16.9. The molecule has 134 valence electrons. The number of hydrogen-bond acceptors (Lipinski definition) is 3. The van der Waals surface area contributed by atoms with Crippen molar-refractivity contribution in [3.05, 3.63) is 23.7 Å². The first-order valence-electron chi connectivity index (χ1n) is 9.34. The molecule has 0 unspecified atom stereocenters. The topological polar surface area (TPSA) is 54.7 Å². The lowest BCUT2D eigenvalue weighted by molar-refractivity contribution is 0.0370. The molecule has 2 amide bonds. The van der Waals surface area contributed by atoms with Crippen LogP contribution in [-0.4, -0.2) is 42.8 Å². The number of amides is 2. The van der Waals surface area contributed by atoms with E-state index in [9.17, 15) is 4.79 Å². The van der Waals surface area contributed by atoms with Crippen molar-refractivity contribution < 1.29 is 13.9 Å². The lowest BCUT2D eigenvalue weighted by Crippen LogP contribution is -2.48. The van der Waals surface area contributed by atoms with E-state index in [-0.39, 0.29) is 12.1 Å². The van der Waals surface area contributed by atoms with Crippen LogP contribution in [0.2, 0.25) is 0 Å². The second-order valence-corrected chi connectivity index (χ2v) is 7.28. The first-order valence-corrected chi connectivity index (χ1v) is 9.34. The smallest absolute Gasteiger partial charge is 0.317 e. The van der Waals surface area contributed by atoms with Crippen LogP contribution in [0.4, 0.5) is 4.79 Å². The van der Waals surface area contributed by atoms with E-state index in [2.05, 4.69) is 12.2 Å². The number of ether oxygens (including phenoxy) is 1. The average Bonchev–Trinajstić information content (AvgIpc) is 3.25. The minimum absolute atomic E-state index is 0.0731. The highest BCUT2D eigenvalue weighted by molar-refractivity contribution is 5.74. The zero-order valence-electron chi connectivity index (χ0n) is 14.9. The summed E-state index contributed by atoms with van der Waals surface area (Å²) in [6, 6.07) is 4.22. The van der Waals surface area contributed by atoms with E-state index in [0.717, 1.165) is 56.9 Å². The van der Waals surface area contributed by atoms with Gasteiger partial charge < -0.3 is 19.4 Å². The summed E-state index contributed by atoms with van der Waals surface area (Å²) >= 11 is 0. The van der Waals surface area contributed by atoms with E-state index in [1.54, 1.807) is 0 Å². The molecule has 2 saturated heterocycles. The summed E-state index contributed by atoms with van der Waals surface area (Å²) in [4.78, 5) is 14.4. The van der Waals surface area contributed by atoms with Crippen LogP contribution < -0.4 is 5.32 Å². The highest BCUT2D eigenvalue weighted by Crippen LogP contribution is 2.28. The number of rotatable bonds is 5. The van der Waals surface area contributed by atoms with Gasteiger partial charge in [0.2, 0.25) is 0 Å². The second-order valence-electron chi connectivity index (χ2n) is 7.28. The normalized spacial score (nSPS) is 23.4. The van der Waals surface area contributed by atoms with Crippen molar-refractivity contribution in [3.8, 4) is 0 Å². The van der Waals surface area contributed by atoms with Crippen LogP contribution in [0, 0.1) is 12.8 Å². The molecular formula is C19H30N2O3. The molecule has 0 radical (unpaired) electrons. The van der Waals surface area contributed by atoms with Gasteiger partial charge in [0.15, 0.2) is 0 Å². The molecule has 0 bridgehead atoms. The highest BCUT2D eigenvalue weighted by Gasteiger charge is 2.31. The minimum atomic E-state index is 0.0731. The van der Waals surface area contributed by atoms with Crippen molar-refractivity contribution in [2.45, 2.75) is 64.5 Å². The molecule has 0 saturated carbocycles. The second kappa shape index (κ2) is 8.06. The molecule has 0 aliphatic carbocycles. The Morgan fingerprint density at radius 2 is 2.12 bits per heavy atom. The lowest BCUT2D eigenvalue weighted by Gasteiger charge is -2.35. The molecule has 2 aliphatic rings. The fourth-order valence-corrected chi connectivity index (χ4v) is 3.80. The summed E-state index contributed by atoms with van der Waals surface area (Å²) in [6.45, 7) is 6.63. The van der Waals surface area contributed by atoms with Crippen molar-refractivity contribution in [2.24, 2.45) is 5.92 Å². The third-order valence-electron chi connectivity index (χ3n) is 5.31. The Kier molecular flexibility index (Phi) is 5.82. The predicted molar refractivity (Wildman–Crippen MR) is 93.0 cm³/mol. The number of nitrogens with one attached hydrogen (secondary N) is 1. The molecule has 5 heteroatoms. The van der Waals surface area contributed by atoms with E-state index < -0.39 is 0 Å². The number of hydrogen-bond donors (Lipinski definition) is 1. The molecule has 1 aromatic heterocycles. The number of furan rings is 1. The van der Waals surface area contributed by atoms with Crippen LogP contribution in [0.1, 0.15) is 50.5 Å². The van der Waals surface area contributed by atoms with Crippen LogP contribution in [-0.2, 0) is 11.2 Å². The van der Waals surface area contributed by atoms with Gasteiger partial charge in [0, 0.05) is 32.2 Å². The Hall–Kier alpha value is -1.49. The van der Waals surface area contributed by atoms with E-state index in [0.29, 0.717) is 12.0 Å². The maximum absolute atomic E-state index is 12.4. The van der Waals surface area contributed by atoms with Gasteiger partial charge in [-0.1, -0.05) is 0 Å². The first-order chi connectivity index (χ1) is 11.6. The van der Waals surface area contributed by atoms with Gasteiger partial charge in [0.25, 0.3) is 0 Å². The Balaban J connectivity index is 1.37. The maximum Gasteiger partial charge on any atom is 0.317 e. The van der Waals surface area contributed by atoms with Gasteiger partial charge in [0.1, 0.15) is 11.5 Å². The summed E-state index contributed by atoms with van der Waals surface area (Å²) in [5.74, 6) is 2.57. The van der Waals surface area contributed by atoms with Crippen LogP contribution in [0.15, 0.2) is 16.5 Å². The zero-order valence-corrected chi connectivity index (χ0v) is 14.9. The third-order valence-corrected chi connectivity index (χ3v) is 5.31. The Morgan fingerprint density at radius 3 is 2.75 bits per heavy atom. The van der Waals surface area contributed by atoms with E-state index in [1.165, 1.54) is 12.8 Å². The van der Waals surface area contributed by atoms with Gasteiger partial charge >= 0.3 is 6.03 Å². The van der Waals surface area contributed by atoms with Crippen molar-refractivity contribution >= 4 is 6.03 Å². The van der Waals surface area contributed by atoms with Gasteiger partial charge in [-0.25, -0.2) is 4.79 Å². The molecule has 3 rings (SSSR count). The van der Waals surface area contributed by atoms with E-state index in [1.807, 2.05) is 24.0 Å². The van der Waals surface area contributed by atoms with Crippen molar-refractivity contribution in [1.82, 2.24) is 10.2 Å². The quantitative estimate of drug-likeness (QED) is 0.896. The summed E-state index contributed by atoms with van der Waals surface area (Å²) in [5, 5.41) is 3.13. The molecule has 5 nitrogen and oxygen atoms in total. The molecule has 1 N–H and O–H groups in total. The SMILES string of the molecule is Cc1ccc(CC[C@H](C)NC(=O)N2CCC([C@@H]3CCCO3)CC2)o1. The molecule has 3 heterocycles. The van der Waals surface area contributed by atoms with E-state index >= 15 is 0 Å². The number of aryl methyl sites for hydroxylation is 2. The fraction of sp³-hybridized carbons (Fsp3) is 0.737. The third kappa shape index (κ3) is 4.53. The van der Waals surface area contributed by atoms with Gasteiger partial charge in [-0.2, -0.15) is 0 Å². The van der Waals surface area contributed by atoms with Gasteiger partial charge in [-0.3, -0.25) is 0 Å². The minimum Gasteiger partial charge on any atom is -0.466 e. The standard InChI is InChI=1S/C19H30N2O3/c1-14(5-7-17-8-6-15(2)24-17)20-19(22)21-11-9-16(10-12-21)18-4-3-13-23-18/h6,8,14,16,18H,3-5,7,9-13H2,1-2H3,(H,20,22)/t14-,18-/m0/s1. The Labute approximate surface area is 144 Å². The predicted octanol–water partition coefficient (Wildman–Crippen LogP) is 3.51. The number of urea groups is 1. The fourth-order valence-electron chi connectivity index (χ4n) is 3.80. The summed E-state index contributed by atoms with van der Waals surface area (Å²) < 4.78 is 11.4. The van der Waals surface area contributed by atoms with Crippen LogP contribution in [0.3, 0.4) is 0 Å². The molecule has 24 heavy (non-hydrogen) atoms. The largest absolute Gasteiger partial charge is 0.466 e. The molecule has 2 aliphatic heterocycles. The summed E-state index contributed by atoms with van der Waals surface area (Å²) in [5.41, 5.74) is 0. The molecule has 0 spiro atoms. The van der Waals surface area contributed by atoms with Gasteiger partial charge in [-0.05, 0) is 64.0 Å². The molecule has 0 aromatic carbocycles. The van der Waals surface area contributed by atoms with E-state index in [4.69, 9.17) is 9.15 Å². The van der Waals surface area contributed by atoms with Gasteiger partial charge in [0.05, 0.1) is 6.10 Å². The van der Waals surface area contributed by atoms with Crippen molar-refractivity contribution in [3.63, 3.8) is 0 Å². The van der Waals surface area contributed by atoms with Crippen LogP contribution in [0.25, 0.3) is 0 Å². The van der Waals surface area contributed by atoms with Crippen LogP contribution >= 0.6 is 0 Å². The first kappa shape index (κ1) is 17.3. The number of carbonyl (C=O) groups is 1. The average molecular weight is 334 g/mol. The van der Waals surface area contributed by atoms with Gasteiger partial charge in [-0.15, -0.1) is 0 Å². The molecule has 2 atom stereocenters. The number of carbonyl (C=O) groups excluding carboxylic acids is 1. The Bertz CT molecular complexity index is 528. The highest BCUT2D eigenvalue weighted by atomic mass is 16.5. The number of piperidine rings is 1. The molecular weight excluding hydrogens is 304 g/mol. The monoisotopic (exact) mass is 334 g/mol. The van der Waals surface area contributed by atoms with Crippen molar-refractivity contribution in [2.75, 3.05) is 19.7 Å². The molecule has 2 fully saturated rings. The number of likely N-dealkylation sites (tertiary alicyclic amines) is 1. The Morgan fingerprint density at radius 1 is 1.33 bits per heavy atom. The summed E-state index contributed by atoms with van der Waals surface area (Å²) in [6.07, 6.45) is 6.71. The number of nitrogens with zero attached hydrogens (tertiary/aromatic N) is 1. The molecule has 1 aromatic rings. The van der Waals surface area contributed by atoms with Crippen molar-refractivity contribution in [1.29, 1.82) is 0 Å². The lowest BCUT2D eigenvalue weighted by atomic mass is 9.90. The van der Waals surface area contributed by atoms with Crippen LogP contribution in [0.5, 0.6) is 0 Å². The maximum atomic E-state index is 12.4. The summed E-state index contributed by atoms with van der Waals surface area (Å²) in [7, 11) is 0.